The summed E-state index contributed by atoms with van der Waals surface area (Å²) in [6.07, 6.45) is 1.79. The van der Waals surface area contributed by atoms with Crippen LogP contribution in [0.25, 0.3) is 21.5 Å². The molecular formula is C11H6BrN3S. The molecule has 2 heterocycles. The highest BCUT2D eigenvalue weighted by molar-refractivity contribution is 9.10. The van der Waals surface area contributed by atoms with Crippen molar-refractivity contribution in [2.75, 3.05) is 0 Å². The molecule has 16 heavy (non-hydrogen) atoms. The van der Waals surface area contributed by atoms with Gasteiger partial charge >= 0.3 is 0 Å². The number of benzene rings is 1. The van der Waals surface area contributed by atoms with E-state index in [9.17, 15) is 0 Å². The maximum absolute atomic E-state index is 4.39. The summed E-state index contributed by atoms with van der Waals surface area (Å²) in [5, 5.41) is 2.00. The van der Waals surface area contributed by atoms with Crippen LogP contribution in [-0.2, 0) is 0 Å². The maximum Gasteiger partial charge on any atom is 0.209 e. The van der Waals surface area contributed by atoms with Crippen molar-refractivity contribution in [3.63, 3.8) is 0 Å². The van der Waals surface area contributed by atoms with Crippen LogP contribution < -0.4 is 0 Å². The van der Waals surface area contributed by atoms with Gasteiger partial charge in [-0.25, -0.2) is 4.98 Å². The van der Waals surface area contributed by atoms with Gasteiger partial charge in [-0.05, 0) is 39.6 Å². The number of aromatic nitrogens is 3. The minimum Gasteiger partial charge on any atom is -0.256 e. The topological polar surface area (TPSA) is 38.7 Å². The Morgan fingerprint density at radius 3 is 2.81 bits per heavy atom. The highest BCUT2D eigenvalue weighted by Crippen LogP contribution is 2.28. The van der Waals surface area contributed by atoms with E-state index in [0.29, 0.717) is 4.73 Å². The van der Waals surface area contributed by atoms with Crippen molar-refractivity contribution in [3.05, 3.63) is 41.3 Å². The van der Waals surface area contributed by atoms with Crippen molar-refractivity contribution < 1.29 is 0 Å². The van der Waals surface area contributed by atoms with Crippen LogP contribution in [0.2, 0.25) is 0 Å². The Balaban J connectivity index is 2.31. The molecule has 0 saturated carbocycles. The van der Waals surface area contributed by atoms with Gasteiger partial charge in [0, 0.05) is 17.1 Å². The van der Waals surface area contributed by atoms with E-state index in [1.165, 1.54) is 11.5 Å². The van der Waals surface area contributed by atoms with Crippen molar-refractivity contribution in [2.45, 2.75) is 0 Å². The van der Waals surface area contributed by atoms with Crippen LogP contribution in [0.4, 0.5) is 0 Å². The van der Waals surface area contributed by atoms with Gasteiger partial charge in [-0.1, -0.05) is 18.2 Å². The van der Waals surface area contributed by atoms with Gasteiger partial charge in [0.1, 0.15) is 5.01 Å². The molecule has 0 N–H and O–H groups in total. The standard InChI is InChI=1S/C11H6BrN3S/c12-11-14-10(16-15-11)8-5-1-3-7-4-2-6-13-9(7)8/h1-6H. The summed E-state index contributed by atoms with van der Waals surface area (Å²) in [6.45, 7) is 0. The molecule has 0 bridgehead atoms. The van der Waals surface area contributed by atoms with Gasteiger partial charge in [0.2, 0.25) is 4.73 Å². The molecule has 0 aliphatic rings. The van der Waals surface area contributed by atoms with Crippen LogP contribution in [-0.4, -0.2) is 14.3 Å². The number of rotatable bonds is 1. The molecule has 3 aromatic rings. The number of hydrogen-bond acceptors (Lipinski definition) is 4. The lowest BCUT2D eigenvalue weighted by Gasteiger charge is -2.00. The first kappa shape index (κ1) is 9.86. The number of fused-ring (bicyclic) bond motifs is 1. The fraction of sp³-hybridized carbons (Fsp3) is 0. The third kappa shape index (κ3) is 1.62. The first-order chi connectivity index (χ1) is 7.84. The zero-order valence-corrected chi connectivity index (χ0v) is 10.5. The summed E-state index contributed by atoms with van der Waals surface area (Å²) in [4.78, 5) is 8.71. The van der Waals surface area contributed by atoms with E-state index >= 15 is 0 Å². The fourth-order valence-corrected chi connectivity index (χ4v) is 2.70. The molecular weight excluding hydrogens is 286 g/mol. The Morgan fingerprint density at radius 2 is 2.00 bits per heavy atom. The number of para-hydroxylation sites is 1. The molecule has 0 spiro atoms. The zero-order chi connectivity index (χ0) is 11.0. The van der Waals surface area contributed by atoms with Gasteiger partial charge in [-0.2, -0.15) is 4.37 Å². The van der Waals surface area contributed by atoms with Crippen molar-refractivity contribution in [2.24, 2.45) is 0 Å². The predicted molar refractivity (Wildman–Crippen MR) is 68.3 cm³/mol. The summed E-state index contributed by atoms with van der Waals surface area (Å²) in [5.74, 6) is 0. The average Bonchev–Trinajstić information content (AvgIpc) is 2.75. The summed E-state index contributed by atoms with van der Waals surface area (Å²) in [5.41, 5.74) is 2.00. The van der Waals surface area contributed by atoms with E-state index in [1.807, 2.05) is 30.3 Å². The molecule has 0 atom stereocenters. The molecule has 0 amide bonds. The third-order valence-corrected chi connectivity index (χ3v) is 3.60. The molecule has 3 nitrogen and oxygen atoms in total. The Kier molecular flexibility index (Phi) is 2.41. The van der Waals surface area contributed by atoms with Gasteiger partial charge in [0.25, 0.3) is 0 Å². The highest BCUT2D eigenvalue weighted by atomic mass is 79.9. The van der Waals surface area contributed by atoms with Gasteiger partial charge in [-0.3, -0.25) is 4.98 Å². The second-order valence-corrected chi connectivity index (χ2v) is 4.71. The lowest BCUT2D eigenvalue weighted by Crippen LogP contribution is -1.83. The van der Waals surface area contributed by atoms with Gasteiger partial charge in [0.05, 0.1) is 5.52 Å². The molecule has 0 aliphatic carbocycles. The highest BCUT2D eigenvalue weighted by Gasteiger charge is 2.08. The van der Waals surface area contributed by atoms with E-state index in [0.717, 1.165) is 21.5 Å². The fourth-order valence-electron chi connectivity index (χ4n) is 1.59. The first-order valence-corrected chi connectivity index (χ1v) is 6.24. The SMILES string of the molecule is Brc1nsc(-c2cccc3cccnc23)n1. The Morgan fingerprint density at radius 1 is 1.12 bits per heavy atom. The molecule has 0 saturated heterocycles. The molecule has 3 rings (SSSR count). The second-order valence-electron chi connectivity index (χ2n) is 3.25. The second kappa shape index (κ2) is 3.92. The summed E-state index contributed by atoms with van der Waals surface area (Å²) in [6, 6.07) is 10.0. The Labute approximate surface area is 104 Å². The first-order valence-electron chi connectivity index (χ1n) is 4.68. The molecule has 5 heteroatoms. The summed E-state index contributed by atoms with van der Waals surface area (Å²) >= 11 is 4.63. The minimum absolute atomic E-state index is 0.625. The summed E-state index contributed by atoms with van der Waals surface area (Å²) < 4.78 is 4.74. The third-order valence-electron chi connectivity index (χ3n) is 2.26. The number of pyridine rings is 1. The van der Waals surface area contributed by atoms with Crippen LogP contribution in [0, 0.1) is 0 Å². The molecule has 0 fully saturated rings. The average molecular weight is 292 g/mol. The minimum atomic E-state index is 0.625. The van der Waals surface area contributed by atoms with Gasteiger partial charge in [-0.15, -0.1) is 0 Å². The Bertz CT molecular complexity index is 645. The quantitative estimate of drug-likeness (QED) is 0.689. The van der Waals surface area contributed by atoms with Gasteiger partial charge < -0.3 is 0 Å². The van der Waals surface area contributed by atoms with E-state index in [-0.39, 0.29) is 0 Å². The van der Waals surface area contributed by atoms with Crippen molar-refractivity contribution in [3.8, 4) is 10.6 Å². The van der Waals surface area contributed by atoms with Crippen molar-refractivity contribution >= 4 is 38.4 Å². The number of nitrogens with zero attached hydrogens (tertiary/aromatic N) is 3. The Hall–Kier alpha value is -1.33. The predicted octanol–water partition coefficient (Wildman–Crippen LogP) is 3.52. The molecule has 0 unspecified atom stereocenters. The van der Waals surface area contributed by atoms with Crippen LogP contribution in [0.1, 0.15) is 0 Å². The van der Waals surface area contributed by atoms with Gasteiger partial charge in [0.15, 0.2) is 0 Å². The van der Waals surface area contributed by atoms with Crippen molar-refractivity contribution in [1.82, 2.24) is 14.3 Å². The molecule has 2 aromatic heterocycles. The largest absolute Gasteiger partial charge is 0.256 e. The lowest BCUT2D eigenvalue weighted by atomic mass is 10.1. The molecule has 0 aliphatic heterocycles. The molecule has 0 radical (unpaired) electrons. The van der Waals surface area contributed by atoms with Crippen LogP contribution in [0.15, 0.2) is 41.3 Å². The van der Waals surface area contributed by atoms with Crippen LogP contribution >= 0.6 is 27.5 Å². The van der Waals surface area contributed by atoms with Crippen molar-refractivity contribution in [1.29, 1.82) is 0 Å². The van der Waals surface area contributed by atoms with Crippen LogP contribution in [0.5, 0.6) is 0 Å². The molecule has 78 valence electrons. The monoisotopic (exact) mass is 291 g/mol. The van der Waals surface area contributed by atoms with Crippen LogP contribution in [0.3, 0.4) is 0 Å². The zero-order valence-electron chi connectivity index (χ0n) is 8.09. The van der Waals surface area contributed by atoms with E-state index in [4.69, 9.17) is 0 Å². The van der Waals surface area contributed by atoms with E-state index in [1.54, 1.807) is 6.20 Å². The maximum atomic E-state index is 4.39. The van der Waals surface area contributed by atoms with E-state index < -0.39 is 0 Å². The lowest BCUT2D eigenvalue weighted by molar-refractivity contribution is 1.26. The van der Waals surface area contributed by atoms with E-state index in [2.05, 4.69) is 30.3 Å². The number of halogens is 1. The smallest absolute Gasteiger partial charge is 0.209 e. The number of hydrogen-bond donors (Lipinski definition) is 0. The normalized spacial score (nSPS) is 10.8. The molecule has 1 aromatic carbocycles. The summed E-state index contributed by atoms with van der Waals surface area (Å²) in [7, 11) is 0.